The largest absolute Gasteiger partial charge is 0.365 e. The molecule has 6 nitrogen and oxygen atoms in total. The first-order chi connectivity index (χ1) is 33.4. The fourth-order valence-corrected chi connectivity index (χ4v) is 10.0. The minimum atomic E-state index is -0.926. The topological polar surface area (TPSA) is 86.7 Å². The van der Waals surface area contributed by atoms with Crippen molar-refractivity contribution < 1.29 is 29.0 Å². The van der Waals surface area contributed by atoms with Crippen molar-refractivity contribution in [2.45, 2.75) is 362 Å². The van der Waals surface area contributed by atoms with Gasteiger partial charge in [0, 0.05) is 12.8 Å². The first kappa shape index (κ1) is 66.3. The quantitative estimate of drug-likeness (QED) is 0.0261. The van der Waals surface area contributed by atoms with Crippen LogP contribution in [0.3, 0.4) is 0 Å². The Morgan fingerprint density at radius 3 is 0.588 bits per heavy atom. The van der Waals surface area contributed by atoms with E-state index in [4.69, 9.17) is 9.78 Å². The second kappa shape index (κ2) is 54.6. The summed E-state index contributed by atoms with van der Waals surface area (Å²) in [5.41, 5.74) is 0. The summed E-state index contributed by atoms with van der Waals surface area (Å²) in [5.74, 6) is -3.57. The first-order valence-electron chi connectivity index (χ1n) is 30.9. The van der Waals surface area contributed by atoms with Gasteiger partial charge < -0.3 is 0 Å². The zero-order chi connectivity index (χ0) is 49.6. The van der Waals surface area contributed by atoms with Crippen LogP contribution in [-0.2, 0) is 29.0 Å². The smallest absolute Gasteiger partial charge is 0.299 e. The Morgan fingerprint density at radius 1 is 0.235 bits per heavy atom. The van der Waals surface area contributed by atoms with Crippen LogP contribution < -0.4 is 0 Å². The van der Waals surface area contributed by atoms with Crippen molar-refractivity contribution >= 4 is 23.5 Å². The molecule has 0 aromatic heterocycles. The normalized spacial score (nSPS) is 12.4. The second-order valence-electron chi connectivity index (χ2n) is 21.5. The van der Waals surface area contributed by atoms with E-state index >= 15 is 0 Å². The van der Waals surface area contributed by atoms with E-state index < -0.39 is 23.8 Å². The van der Waals surface area contributed by atoms with Crippen LogP contribution >= 0.6 is 0 Å². The third kappa shape index (κ3) is 45.4. The number of carbonyl (C=O) groups excluding carboxylic acids is 4. The molecule has 68 heavy (non-hydrogen) atoms. The Balaban J connectivity index is 5.17. The molecule has 0 radical (unpaired) electrons. The summed E-state index contributed by atoms with van der Waals surface area (Å²) < 4.78 is 0. The minimum absolute atomic E-state index is 0.0997. The Hall–Kier alpha value is -1.72. The number of hydrogen-bond acceptors (Lipinski definition) is 6. The fourth-order valence-electron chi connectivity index (χ4n) is 10.0. The van der Waals surface area contributed by atoms with E-state index in [2.05, 4.69) is 27.7 Å². The van der Waals surface area contributed by atoms with E-state index in [1.165, 1.54) is 231 Å². The SMILES string of the molecule is CCCCCCCCCCCCCCCCC(C(=O)CCCCCCCCCCCCC)C(=O)OOC(=O)C(CCCCCCCCCCCCCC)C(=O)CCCCCCCCCCCCC. The van der Waals surface area contributed by atoms with E-state index in [1.54, 1.807) is 0 Å². The van der Waals surface area contributed by atoms with Crippen LogP contribution in [0, 0.1) is 11.8 Å². The van der Waals surface area contributed by atoms with Crippen molar-refractivity contribution in [3.63, 3.8) is 0 Å². The Bertz CT molecular complexity index is 1090. The predicted octanol–water partition coefficient (Wildman–Crippen LogP) is 20.7. The molecule has 0 fully saturated rings. The van der Waals surface area contributed by atoms with E-state index in [-0.39, 0.29) is 11.6 Å². The maximum Gasteiger partial charge on any atom is 0.365 e. The average molecular weight is 960 g/mol. The molecule has 0 aliphatic rings. The molecule has 0 aromatic rings. The molecule has 0 aromatic carbocycles. The minimum Gasteiger partial charge on any atom is -0.299 e. The van der Waals surface area contributed by atoms with Crippen LogP contribution in [0.1, 0.15) is 362 Å². The van der Waals surface area contributed by atoms with Gasteiger partial charge >= 0.3 is 11.9 Å². The molecule has 0 bridgehead atoms. The van der Waals surface area contributed by atoms with Crippen LogP contribution in [-0.4, -0.2) is 23.5 Å². The zero-order valence-corrected chi connectivity index (χ0v) is 46.4. The number of unbranched alkanes of at least 4 members (excludes halogenated alkanes) is 44. The summed E-state index contributed by atoms with van der Waals surface area (Å²) in [6, 6.07) is 0. The van der Waals surface area contributed by atoms with Gasteiger partial charge in [-0.15, -0.1) is 0 Å². The molecule has 0 rings (SSSR count). The lowest BCUT2D eigenvalue weighted by atomic mass is 9.92. The summed E-state index contributed by atoms with van der Waals surface area (Å²) in [6.07, 6.45) is 59.9. The lowest BCUT2D eigenvalue weighted by Gasteiger charge is -2.16. The highest BCUT2D eigenvalue weighted by molar-refractivity contribution is 6.00. The monoisotopic (exact) mass is 959 g/mol. The van der Waals surface area contributed by atoms with Gasteiger partial charge in [0.2, 0.25) is 0 Å². The predicted molar refractivity (Wildman–Crippen MR) is 292 cm³/mol. The van der Waals surface area contributed by atoms with Gasteiger partial charge in [-0.25, -0.2) is 19.4 Å². The Kier molecular flexibility index (Phi) is 53.2. The van der Waals surface area contributed by atoms with Crippen molar-refractivity contribution in [1.29, 1.82) is 0 Å². The van der Waals surface area contributed by atoms with E-state index in [0.717, 1.165) is 77.0 Å². The fraction of sp³-hybridized carbons (Fsp3) is 0.935. The molecule has 402 valence electrons. The van der Waals surface area contributed by atoms with Crippen LogP contribution in [0.5, 0.6) is 0 Å². The van der Waals surface area contributed by atoms with Gasteiger partial charge in [0.1, 0.15) is 23.4 Å². The van der Waals surface area contributed by atoms with Crippen molar-refractivity contribution in [2.75, 3.05) is 0 Å². The maximum atomic E-state index is 13.6. The van der Waals surface area contributed by atoms with Crippen LogP contribution in [0.4, 0.5) is 0 Å². The van der Waals surface area contributed by atoms with Gasteiger partial charge in [-0.3, -0.25) is 9.59 Å². The van der Waals surface area contributed by atoms with Gasteiger partial charge in [0.15, 0.2) is 0 Å². The second-order valence-corrected chi connectivity index (χ2v) is 21.5. The van der Waals surface area contributed by atoms with Gasteiger partial charge in [0.05, 0.1) is 0 Å². The summed E-state index contributed by atoms with van der Waals surface area (Å²) in [5, 5.41) is 0. The molecule has 0 saturated carbocycles. The zero-order valence-electron chi connectivity index (χ0n) is 46.4. The average Bonchev–Trinajstić information content (AvgIpc) is 3.34. The molecule has 0 N–H and O–H groups in total. The maximum absolute atomic E-state index is 13.6. The van der Waals surface area contributed by atoms with Crippen LogP contribution in [0.2, 0.25) is 0 Å². The number of ketones is 2. The van der Waals surface area contributed by atoms with Gasteiger partial charge in [-0.05, 0) is 25.7 Å². The summed E-state index contributed by atoms with van der Waals surface area (Å²) in [6.45, 7) is 9.04. The van der Waals surface area contributed by atoms with Crippen molar-refractivity contribution in [3.8, 4) is 0 Å². The van der Waals surface area contributed by atoms with Crippen molar-refractivity contribution in [1.82, 2.24) is 0 Å². The van der Waals surface area contributed by atoms with Gasteiger partial charge in [-0.2, -0.15) is 0 Å². The van der Waals surface area contributed by atoms with Gasteiger partial charge in [-0.1, -0.05) is 323 Å². The molecular formula is C62H118O6. The standard InChI is InChI=1S/C62H118O6/c1-5-9-13-17-21-25-29-31-32-36-38-42-46-50-54-58(60(64)56-52-48-44-40-34-28-24-20-16-12-8-4)62(66)68-67-61(65)57(53-49-45-41-37-35-30-26-22-18-14-10-6-2)59(63)55-51-47-43-39-33-27-23-19-15-11-7-3/h57-58H,5-56H2,1-4H3. The van der Waals surface area contributed by atoms with E-state index in [0.29, 0.717) is 25.7 Å². The highest BCUT2D eigenvalue weighted by Crippen LogP contribution is 2.23. The molecule has 0 heterocycles. The van der Waals surface area contributed by atoms with E-state index in [9.17, 15) is 19.2 Å². The first-order valence-corrected chi connectivity index (χ1v) is 30.9. The summed E-state index contributed by atoms with van der Waals surface area (Å²) >= 11 is 0. The molecule has 2 unspecified atom stereocenters. The number of rotatable bonds is 56. The lowest BCUT2D eigenvalue weighted by Crippen LogP contribution is -2.31. The highest BCUT2D eigenvalue weighted by atomic mass is 17.2. The molecule has 6 heteroatoms. The Morgan fingerprint density at radius 2 is 0.397 bits per heavy atom. The van der Waals surface area contributed by atoms with Crippen molar-refractivity contribution in [2.24, 2.45) is 11.8 Å². The third-order valence-corrected chi connectivity index (χ3v) is 14.8. The van der Waals surface area contributed by atoms with Crippen molar-refractivity contribution in [3.05, 3.63) is 0 Å². The third-order valence-electron chi connectivity index (χ3n) is 14.8. The molecule has 0 aliphatic heterocycles. The number of carbonyl (C=O) groups is 4. The highest BCUT2D eigenvalue weighted by Gasteiger charge is 2.32. The Labute approximate surface area is 424 Å². The number of hydrogen-bond donors (Lipinski definition) is 0. The number of Topliss-reactive ketones (excluding diaryl/α,β-unsaturated/α-hetero) is 2. The van der Waals surface area contributed by atoms with Crippen LogP contribution in [0.25, 0.3) is 0 Å². The molecule has 0 spiro atoms. The summed E-state index contributed by atoms with van der Waals surface area (Å²) in [4.78, 5) is 64.9. The van der Waals surface area contributed by atoms with Crippen LogP contribution in [0.15, 0.2) is 0 Å². The lowest BCUT2D eigenvalue weighted by molar-refractivity contribution is -0.264. The molecular weight excluding hydrogens is 841 g/mol. The summed E-state index contributed by atoms with van der Waals surface area (Å²) in [7, 11) is 0. The molecule has 0 saturated heterocycles. The van der Waals surface area contributed by atoms with E-state index in [1.807, 2.05) is 0 Å². The molecule has 0 aliphatic carbocycles. The van der Waals surface area contributed by atoms with Gasteiger partial charge in [0.25, 0.3) is 0 Å². The molecule has 2 atom stereocenters. The molecule has 0 amide bonds.